The summed E-state index contributed by atoms with van der Waals surface area (Å²) in [5.74, 6) is 0.418. The van der Waals surface area contributed by atoms with Gasteiger partial charge in [0.05, 0.1) is 11.3 Å². The quantitative estimate of drug-likeness (QED) is 0.350. The van der Waals surface area contributed by atoms with Gasteiger partial charge in [-0.1, -0.05) is 18.2 Å². The normalized spacial score (nSPS) is 11.0. The number of thioether (sulfide) groups is 1. The maximum atomic E-state index is 13.1. The first-order chi connectivity index (χ1) is 15.2. The van der Waals surface area contributed by atoms with E-state index in [-0.39, 0.29) is 23.1 Å². The van der Waals surface area contributed by atoms with Crippen LogP contribution in [0, 0.1) is 13.8 Å². The number of H-pyrrole nitrogens is 1. The van der Waals surface area contributed by atoms with Crippen LogP contribution >= 0.6 is 11.8 Å². The number of hydrogen-bond acceptors (Lipinski definition) is 6. The molecule has 1 amide bonds. The van der Waals surface area contributed by atoms with E-state index in [0.29, 0.717) is 22.6 Å². The zero-order valence-corrected chi connectivity index (χ0v) is 17.8. The average Bonchev–Trinajstić information content (AvgIpc) is 3.39. The lowest BCUT2D eigenvalue weighted by Crippen LogP contribution is -2.01. The van der Waals surface area contributed by atoms with Crippen molar-refractivity contribution in [3.05, 3.63) is 60.3 Å². The van der Waals surface area contributed by atoms with Crippen molar-refractivity contribution >= 4 is 18.2 Å². The van der Waals surface area contributed by atoms with Crippen molar-refractivity contribution in [2.24, 2.45) is 5.73 Å². The van der Waals surface area contributed by atoms with Gasteiger partial charge in [-0.3, -0.25) is 14.9 Å². The Morgan fingerprint density at radius 2 is 1.88 bits per heavy atom. The minimum Gasteiger partial charge on any atom is -0.372 e. The lowest BCUT2D eigenvalue weighted by Gasteiger charge is -2.10. The van der Waals surface area contributed by atoms with E-state index in [2.05, 4.69) is 31.0 Å². The van der Waals surface area contributed by atoms with Crippen LogP contribution in [0.2, 0.25) is 0 Å². The molecule has 166 valence electrons. The number of nitrogens with zero attached hydrogens (tertiary/aromatic N) is 5. The van der Waals surface area contributed by atoms with Crippen molar-refractivity contribution < 1.29 is 18.0 Å². The first kappa shape index (κ1) is 23.0. The molecule has 0 radical (unpaired) electrons. The summed E-state index contributed by atoms with van der Waals surface area (Å²) in [6.45, 7) is 3.75. The Morgan fingerprint density at radius 1 is 1.16 bits per heavy atom. The Kier molecular flexibility index (Phi) is 6.93. The molecule has 0 aliphatic heterocycles. The zero-order valence-electron chi connectivity index (χ0n) is 17.0. The van der Waals surface area contributed by atoms with Gasteiger partial charge in [0.2, 0.25) is 6.41 Å². The number of benzene rings is 1. The number of halogens is 3. The lowest BCUT2D eigenvalue weighted by atomic mass is 10.1. The second-order valence-electron chi connectivity index (χ2n) is 6.46. The topological polar surface area (TPSA) is 115 Å². The molecule has 0 spiro atoms. The highest BCUT2D eigenvalue weighted by Gasteiger charge is 2.31. The number of rotatable bonds is 4. The zero-order chi connectivity index (χ0) is 23.3. The van der Waals surface area contributed by atoms with E-state index in [1.807, 2.05) is 19.9 Å². The van der Waals surface area contributed by atoms with Crippen LogP contribution in [0.5, 0.6) is 0 Å². The first-order valence-corrected chi connectivity index (χ1v) is 9.94. The molecule has 3 aromatic heterocycles. The predicted molar refractivity (Wildman–Crippen MR) is 114 cm³/mol. The van der Waals surface area contributed by atoms with E-state index in [1.165, 1.54) is 12.4 Å². The first-order valence-electron chi connectivity index (χ1n) is 9.13. The molecule has 32 heavy (non-hydrogen) atoms. The van der Waals surface area contributed by atoms with Gasteiger partial charge in [0.1, 0.15) is 12.0 Å². The van der Waals surface area contributed by atoms with Crippen molar-refractivity contribution in [3.63, 3.8) is 0 Å². The van der Waals surface area contributed by atoms with Gasteiger partial charge in [-0.05, 0) is 43.3 Å². The molecular formula is C20H18F3N7OS. The van der Waals surface area contributed by atoms with Crippen molar-refractivity contribution in [2.45, 2.75) is 24.3 Å². The monoisotopic (exact) mass is 461 g/mol. The van der Waals surface area contributed by atoms with Crippen LogP contribution in [0.3, 0.4) is 0 Å². The number of nitrogens with one attached hydrogen (secondary N) is 1. The Hall–Kier alpha value is -3.67. The highest BCUT2D eigenvalue weighted by atomic mass is 32.2. The number of carbonyl (C=O) groups excluding carboxylic acids is 1. The fraction of sp³-hybridized carbons (Fsp3) is 0.150. The number of alkyl halides is 3. The SMILES string of the molecule is Cc1cc(-n2cc(-c3ncn[nH]3)c(-c3ccccc3SC(F)(F)F)n2)c(C)cn1.NC=O. The van der Waals surface area contributed by atoms with Crippen molar-refractivity contribution in [1.29, 1.82) is 0 Å². The largest absolute Gasteiger partial charge is 0.446 e. The second-order valence-corrected chi connectivity index (χ2v) is 7.57. The van der Waals surface area contributed by atoms with Crippen LogP contribution in [0.4, 0.5) is 13.2 Å². The van der Waals surface area contributed by atoms with Crippen molar-refractivity contribution in [1.82, 2.24) is 29.9 Å². The molecular weight excluding hydrogens is 443 g/mol. The van der Waals surface area contributed by atoms with E-state index < -0.39 is 5.51 Å². The molecule has 0 aliphatic carbocycles. The molecule has 0 aliphatic rings. The van der Waals surface area contributed by atoms with Gasteiger partial charge in [0.15, 0.2) is 5.82 Å². The van der Waals surface area contributed by atoms with Crippen LogP contribution in [-0.4, -0.2) is 41.9 Å². The summed E-state index contributed by atoms with van der Waals surface area (Å²) >= 11 is -0.167. The molecule has 0 bridgehead atoms. The highest BCUT2D eigenvalue weighted by Crippen LogP contribution is 2.43. The summed E-state index contributed by atoms with van der Waals surface area (Å²) in [5, 5.41) is 11.2. The number of aromatic nitrogens is 6. The minimum atomic E-state index is -4.41. The van der Waals surface area contributed by atoms with Gasteiger partial charge in [-0.15, -0.1) is 0 Å². The third-order valence-corrected chi connectivity index (χ3v) is 5.02. The van der Waals surface area contributed by atoms with E-state index in [9.17, 15) is 13.2 Å². The molecule has 0 atom stereocenters. The van der Waals surface area contributed by atoms with E-state index in [4.69, 9.17) is 4.79 Å². The van der Waals surface area contributed by atoms with Crippen molar-refractivity contribution in [3.8, 4) is 28.3 Å². The number of carbonyl (C=O) groups is 1. The summed E-state index contributed by atoms with van der Waals surface area (Å²) < 4.78 is 40.9. The average molecular weight is 461 g/mol. The van der Waals surface area contributed by atoms with Crippen LogP contribution < -0.4 is 5.73 Å². The molecule has 4 aromatic rings. The summed E-state index contributed by atoms with van der Waals surface area (Å²) in [6.07, 6.45) is 5.05. The molecule has 3 heterocycles. The summed E-state index contributed by atoms with van der Waals surface area (Å²) in [7, 11) is 0. The van der Waals surface area contributed by atoms with Crippen LogP contribution in [0.25, 0.3) is 28.3 Å². The van der Waals surface area contributed by atoms with Gasteiger partial charge >= 0.3 is 5.51 Å². The highest BCUT2D eigenvalue weighted by molar-refractivity contribution is 8.00. The van der Waals surface area contributed by atoms with Gasteiger partial charge in [-0.2, -0.15) is 23.4 Å². The maximum absolute atomic E-state index is 13.1. The summed E-state index contributed by atoms with van der Waals surface area (Å²) in [6, 6.07) is 8.16. The Morgan fingerprint density at radius 3 is 2.53 bits per heavy atom. The van der Waals surface area contributed by atoms with E-state index in [0.717, 1.165) is 16.9 Å². The fourth-order valence-corrected chi connectivity index (χ4v) is 3.61. The molecule has 0 fully saturated rings. The number of hydrogen-bond donors (Lipinski definition) is 2. The molecule has 0 saturated heterocycles. The third kappa shape index (κ3) is 5.32. The maximum Gasteiger partial charge on any atom is 0.446 e. The smallest absolute Gasteiger partial charge is 0.372 e. The second kappa shape index (κ2) is 9.64. The Labute approximate surface area is 185 Å². The lowest BCUT2D eigenvalue weighted by molar-refractivity contribution is -0.106. The molecule has 8 nitrogen and oxygen atoms in total. The van der Waals surface area contributed by atoms with Gasteiger partial charge in [0, 0.05) is 28.5 Å². The van der Waals surface area contributed by atoms with E-state index in [1.54, 1.807) is 35.3 Å². The molecule has 4 rings (SSSR count). The van der Waals surface area contributed by atoms with Gasteiger partial charge in [-0.25, -0.2) is 9.67 Å². The molecule has 3 N–H and O–H groups in total. The standard InChI is InChI=1S/C19H15F3N6S.CH3NO/c1-11-8-23-12(2)7-15(11)28-9-14(18-24-10-25-26-18)17(27-28)13-5-3-4-6-16(13)29-19(20,21)22;2-1-3/h3-10H,1-2H3,(H,24,25,26);1H,(H2,2,3). The van der Waals surface area contributed by atoms with Crippen LogP contribution in [-0.2, 0) is 4.79 Å². The van der Waals surface area contributed by atoms with Gasteiger partial charge < -0.3 is 5.73 Å². The predicted octanol–water partition coefficient (Wildman–Crippen LogP) is 4.05. The summed E-state index contributed by atoms with van der Waals surface area (Å²) in [4.78, 5) is 17.1. The number of primary amides is 1. The molecule has 0 saturated carbocycles. The minimum absolute atomic E-state index is 0.0636. The van der Waals surface area contributed by atoms with Crippen molar-refractivity contribution in [2.75, 3.05) is 0 Å². The van der Waals surface area contributed by atoms with E-state index >= 15 is 0 Å². The Bertz CT molecular complexity index is 1210. The van der Waals surface area contributed by atoms with Gasteiger partial charge in [0.25, 0.3) is 0 Å². The molecule has 0 unspecified atom stereocenters. The van der Waals surface area contributed by atoms with Crippen LogP contribution in [0.1, 0.15) is 11.3 Å². The number of nitrogens with two attached hydrogens (primary N) is 1. The number of amides is 1. The summed E-state index contributed by atoms with van der Waals surface area (Å²) in [5.41, 5.74) is 3.51. The number of aromatic amines is 1. The third-order valence-electron chi connectivity index (χ3n) is 4.21. The number of pyridine rings is 1. The number of aryl methyl sites for hydroxylation is 2. The van der Waals surface area contributed by atoms with Crippen LogP contribution in [0.15, 0.2) is 53.9 Å². The fourth-order valence-electron chi connectivity index (χ4n) is 2.94. The molecule has 12 heteroatoms. The molecule has 1 aromatic carbocycles. The Balaban J connectivity index is 0.000000913.